The fourth-order valence-electron chi connectivity index (χ4n) is 2.87. The van der Waals surface area contributed by atoms with Gasteiger partial charge in [0.1, 0.15) is 5.75 Å². The average Bonchev–Trinajstić information content (AvgIpc) is 2.61. The van der Waals surface area contributed by atoms with E-state index in [0.717, 1.165) is 30.0 Å². The number of rotatable bonds is 4. The maximum Gasteiger partial charge on any atom is 0.193 e. The highest BCUT2D eigenvalue weighted by molar-refractivity contribution is 5.93. The second-order valence-corrected chi connectivity index (χ2v) is 5.67. The van der Waals surface area contributed by atoms with Crippen molar-refractivity contribution in [1.29, 1.82) is 0 Å². The van der Waals surface area contributed by atoms with Gasteiger partial charge in [0, 0.05) is 5.69 Å². The first-order valence-electron chi connectivity index (χ1n) is 7.93. The van der Waals surface area contributed by atoms with Gasteiger partial charge in [-0.1, -0.05) is 12.1 Å². The van der Waals surface area contributed by atoms with E-state index in [1.807, 2.05) is 12.1 Å². The number of nitrogens with one attached hydrogen (secondary N) is 1. The lowest BCUT2D eigenvalue weighted by Crippen LogP contribution is -2.24. The lowest BCUT2D eigenvalue weighted by Gasteiger charge is -2.19. The standard InChI is InChI=1S/C18H22N4O/c1-23-15-10-9-14(20-12-15)11-21-18(19)22-17-8-4-6-13-5-2-3-7-16(13)17/h4,6,8-10,12H,2-3,5,7,11H2,1H3,(H3,19,21,22). The van der Waals surface area contributed by atoms with Crippen LogP contribution >= 0.6 is 0 Å². The van der Waals surface area contributed by atoms with Crippen molar-refractivity contribution in [2.45, 2.75) is 32.2 Å². The largest absolute Gasteiger partial charge is 0.495 e. The number of aryl methyl sites for hydroxylation is 1. The summed E-state index contributed by atoms with van der Waals surface area (Å²) in [5.41, 5.74) is 10.8. The van der Waals surface area contributed by atoms with Gasteiger partial charge in [0.05, 0.1) is 25.5 Å². The van der Waals surface area contributed by atoms with E-state index in [0.29, 0.717) is 12.5 Å². The number of pyridine rings is 1. The highest BCUT2D eigenvalue weighted by Gasteiger charge is 2.13. The molecule has 0 atom stereocenters. The maximum absolute atomic E-state index is 6.03. The van der Waals surface area contributed by atoms with Crippen LogP contribution in [0.1, 0.15) is 29.7 Å². The summed E-state index contributed by atoms with van der Waals surface area (Å²) in [5.74, 6) is 1.15. The van der Waals surface area contributed by atoms with Crippen molar-refractivity contribution in [2.24, 2.45) is 10.7 Å². The third-order valence-electron chi connectivity index (χ3n) is 4.10. The number of fused-ring (bicyclic) bond motifs is 1. The van der Waals surface area contributed by atoms with Crippen LogP contribution in [0, 0.1) is 0 Å². The Balaban J connectivity index is 1.67. The van der Waals surface area contributed by atoms with E-state index >= 15 is 0 Å². The molecule has 1 aromatic heterocycles. The Kier molecular flexibility index (Phi) is 4.76. The fraction of sp³-hybridized carbons (Fsp3) is 0.333. The van der Waals surface area contributed by atoms with Gasteiger partial charge in [-0.15, -0.1) is 0 Å². The van der Waals surface area contributed by atoms with E-state index in [1.165, 1.54) is 24.0 Å². The molecule has 0 saturated heterocycles. The Bertz CT molecular complexity index is 695. The first kappa shape index (κ1) is 15.3. The first-order chi connectivity index (χ1) is 11.3. The van der Waals surface area contributed by atoms with Crippen molar-refractivity contribution < 1.29 is 4.74 Å². The van der Waals surface area contributed by atoms with Gasteiger partial charge < -0.3 is 15.8 Å². The number of hydrogen-bond acceptors (Lipinski definition) is 3. The van der Waals surface area contributed by atoms with Gasteiger partial charge in [-0.3, -0.25) is 4.98 Å². The molecule has 1 heterocycles. The van der Waals surface area contributed by atoms with E-state index < -0.39 is 0 Å². The zero-order valence-electron chi connectivity index (χ0n) is 13.4. The lowest BCUT2D eigenvalue weighted by atomic mass is 9.90. The third-order valence-corrected chi connectivity index (χ3v) is 4.10. The highest BCUT2D eigenvalue weighted by atomic mass is 16.5. The molecule has 3 rings (SSSR count). The second kappa shape index (κ2) is 7.13. The number of guanidine groups is 1. The molecule has 0 amide bonds. The van der Waals surface area contributed by atoms with Crippen molar-refractivity contribution in [1.82, 2.24) is 4.98 Å². The molecule has 0 radical (unpaired) electrons. The van der Waals surface area contributed by atoms with Crippen molar-refractivity contribution in [2.75, 3.05) is 12.4 Å². The summed E-state index contributed by atoms with van der Waals surface area (Å²) in [5, 5.41) is 3.24. The summed E-state index contributed by atoms with van der Waals surface area (Å²) in [7, 11) is 1.62. The van der Waals surface area contributed by atoms with Crippen LogP contribution in [0.3, 0.4) is 0 Å². The smallest absolute Gasteiger partial charge is 0.193 e. The van der Waals surface area contributed by atoms with Crippen LogP contribution in [-0.4, -0.2) is 18.1 Å². The fourth-order valence-corrected chi connectivity index (χ4v) is 2.87. The average molecular weight is 310 g/mol. The topological polar surface area (TPSA) is 72.5 Å². The van der Waals surface area contributed by atoms with E-state index in [-0.39, 0.29) is 0 Å². The number of benzene rings is 1. The van der Waals surface area contributed by atoms with E-state index in [1.54, 1.807) is 13.3 Å². The summed E-state index contributed by atoms with van der Waals surface area (Å²) >= 11 is 0. The zero-order valence-corrected chi connectivity index (χ0v) is 13.4. The Hall–Kier alpha value is -2.56. The van der Waals surface area contributed by atoms with Gasteiger partial charge in [-0.25, -0.2) is 4.99 Å². The Morgan fingerprint density at radius 2 is 2.13 bits per heavy atom. The van der Waals surface area contributed by atoms with Gasteiger partial charge in [0.15, 0.2) is 5.96 Å². The van der Waals surface area contributed by atoms with Crippen molar-refractivity contribution in [3.05, 3.63) is 53.3 Å². The Morgan fingerprint density at radius 1 is 1.26 bits per heavy atom. The summed E-state index contributed by atoms with van der Waals surface area (Å²) in [4.78, 5) is 8.66. The number of hydrogen-bond donors (Lipinski definition) is 2. The molecule has 2 aromatic rings. The number of nitrogens with zero attached hydrogens (tertiary/aromatic N) is 2. The molecule has 1 aromatic carbocycles. The number of methoxy groups -OCH3 is 1. The molecule has 0 fully saturated rings. The van der Waals surface area contributed by atoms with Gasteiger partial charge in [0.25, 0.3) is 0 Å². The zero-order chi connectivity index (χ0) is 16.1. The number of nitrogens with two attached hydrogens (primary N) is 1. The third kappa shape index (κ3) is 3.80. The molecule has 0 bridgehead atoms. The molecule has 1 aliphatic carbocycles. The van der Waals surface area contributed by atoms with E-state index in [4.69, 9.17) is 10.5 Å². The van der Waals surface area contributed by atoms with Gasteiger partial charge in [-0.2, -0.15) is 0 Å². The molecule has 23 heavy (non-hydrogen) atoms. The van der Waals surface area contributed by atoms with Crippen molar-refractivity contribution >= 4 is 11.6 Å². The predicted octanol–water partition coefficient (Wildman–Crippen LogP) is 2.90. The van der Waals surface area contributed by atoms with Crippen LogP contribution in [0.5, 0.6) is 5.75 Å². The van der Waals surface area contributed by atoms with Crippen LogP contribution in [0.4, 0.5) is 5.69 Å². The van der Waals surface area contributed by atoms with Gasteiger partial charge in [-0.05, 0) is 55.0 Å². The minimum Gasteiger partial charge on any atom is -0.495 e. The van der Waals surface area contributed by atoms with Crippen LogP contribution in [0.15, 0.2) is 41.5 Å². The predicted molar refractivity (Wildman–Crippen MR) is 92.8 cm³/mol. The van der Waals surface area contributed by atoms with Crippen LogP contribution < -0.4 is 15.8 Å². The molecule has 5 heteroatoms. The number of aromatic nitrogens is 1. The second-order valence-electron chi connectivity index (χ2n) is 5.67. The molecular formula is C18H22N4O. The summed E-state index contributed by atoms with van der Waals surface area (Å²) < 4.78 is 5.09. The summed E-state index contributed by atoms with van der Waals surface area (Å²) in [6.07, 6.45) is 6.44. The number of anilines is 1. The van der Waals surface area contributed by atoms with Crippen LogP contribution in [-0.2, 0) is 19.4 Å². The van der Waals surface area contributed by atoms with Crippen LogP contribution in [0.2, 0.25) is 0 Å². The van der Waals surface area contributed by atoms with Crippen molar-refractivity contribution in [3.63, 3.8) is 0 Å². The number of aliphatic imine (C=N–C) groups is 1. The molecule has 5 nitrogen and oxygen atoms in total. The molecule has 0 unspecified atom stereocenters. The Morgan fingerprint density at radius 3 is 2.91 bits per heavy atom. The SMILES string of the molecule is COc1ccc(CN=C(N)Nc2cccc3c2CCCC3)nc1. The summed E-state index contributed by atoms with van der Waals surface area (Å²) in [6, 6.07) is 10.1. The normalized spacial score (nSPS) is 14.2. The van der Waals surface area contributed by atoms with E-state index in [2.05, 4.69) is 33.5 Å². The minimum absolute atomic E-state index is 0.418. The molecular weight excluding hydrogens is 288 g/mol. The monoisotopic (exact) mass is 310 g/mol. The maximum atomic E-state index is 6.03. The van der Waals surface area contributed by atoms with Crippen molar-refractivity contribution in [3.8, 4) is 5.75 Å². The first-order valence-corrected chi connectivity index (χ1v) is 7.93. The van der Waals surface area contributed by atoms with E-state index in [9.17, 15) is 0 Å². The van der Waals surface area contributed by atoms with Crippen LogP contribution in [0.25, 0.3) is 0 Å². The molecule has 0 saturated carbocycles. The van der Waals surface area contributed by atoms with Gasteiger partial charge in [0.2, 0.25) is 0 Å². The Labute approximate surface area is 136 Å². The molecule has 1 aliphatic rings. The van der Waals surface area contributed by atoms with Gasteiger partial charge >= 0.3 is 0 Å². The molecule has 0 aliphatic heterocycles. The number of ether oxygens (including phenoxy) is 1. The molecule has 0 spiro atoms. The quantitative estimate of drug-likeness (QED) is 0.673. The summed E-state index contributed by atoms with van der Waals surface area (Å²) in [6.45, 7) is 0.442. The molecule has 3 N–H and O–H groups in total. The lowest BCUT2D eigenvalue weighted by molar-refractivity contribution is 0.412. The minimum atomic E-state index is 0.418. The highest BCUT2D eigenvalue weighted by Crippen LogP contribution is 2.27. The molecule has 120 valence electrons.